The highest BCUT2D eigenvalue weighted by Gasteiger charge is 2.06. The fraction of sp³-hybridized carbons (Fsp3) is 0.412. The van der Waals surface area contributed by atoms with Gasteiger partial charge in [0.2, 0.25) is 0 Å². The van der Waals surface area contributed by atoms with Gasteiger partial charge >= 0.3 is 6.01 Å². The van der Waals surface area contributed by atoms with E-state index in [2.05, 4.69) is 40.9 Å². The normalized spacial score (nSPS) is 10.3. The molecular weight excluding hydrogens is 279 g/mol. The second-order valence-electron chi connectivity index (χ2n) is 4.39. The van der Waals surface area contributed by atoms with Crippen LogP contribution in [0.25, 0.3) is 0 Å². The second kappa shape index (κ2) is 9.46. The van der Waals surface area contributed by atoms with Gasteiger partial charge in [0.15, 0.2) is 0 Å². The first-order valence-electron chi connectivity index (χ1n) is 7.36. The van der Waals surface area contributed by atoms with Crippen molar-refractivity contribution in [1.29, 1.82) is 0 Å². The first-order chi connectivity index (χ1) is 10.2. The van der Waals surface area contributed by atoms with Crippen molar-refractivity contribution >= 4 is 13.9 Å². The van der Waals surface area contributed by atoms with E-state index in [-0.39, 0.29) is 0 Å². The number of aromatic nitrogens is 2. The standard InChI is InChI=1S/C15H19N2OP.C2H6/c1-11-10-16-15(18-2)17-13(11)9-8-12-6-4-5-7-14(12)19-3;1-2/h4-7,10,19H,8-9H2,1-3H3;1-2H3. The van der Waals surface area contributed by atoms with Crippen LogP contribution in [0, 0.1) is 6.92 Å². The molecule has 0 aliphatic rings. The van der Waals surface area contributed by atoms with Crippen LogP contribution in [0.5, 0.6) is 6.01 Å². The number of nitrogens with zero attached hydrogens (tertiary/aromatic N) is 2. The van der Waals surface area contributed by atoms with Crippen LogP contribution in [-0.2, 0) is 12.8 Å². The number of aryl methyl sites for hydroxylation is 3. The van der Waals surface area contributed by atoms with Crippen LogP contribution < -0.4 is 10.0 Å². The van der Waals surface area contributed by atoms with Gasteiger partial charge in [-0.3, -0.25) is 0 Å². The molecule has 1 atom stereocenters. The third-order valence-electron chi connectivity index (χ3n) is 3.15. The van der Waals surface area contributed by atoms with Gasteiger partial charge < -0.3 is 4.74 Å². The molecule has 2 aromatic rings. The molecule has 114 valence electrons. The number of rotatable bonds is 5. The van der Waals surface area contributed by atoms with Crippen LogP contribution in [-0.4, -0.2) is 23.7 Å². The van der Waals surface area contributed by atoms with E-state index >= 15 is 0 Å². The minimum atomic E-state index is 0.450. The Morgan fingerprint density at radius 2 is 1.86 bits per heavy atom. The molecule has 1 heterocycles. The van der Waals surface area contributed by atoms with Crippen LogP contribution in [0.15, 0.2) is 30.5 Å². The topological polar surface area (TPSA) is 35.0 Å². The van der Waals surface area contributed by atoms with E-state index in [4.69, 9.17) is 4.74 Å². The van der Waals surface area contributed by atoms with Crippen molar-refractivity contribution in [1.82, 2.24) is 9.97 Å². The Morgan fingerprint density at radius 3 is 2.52 bits per heavy atom. The van der Waals surface area contributed by atoms with Crippen molar-refractivity contribution in [2.24, 2.45) is 0 Å². The Kier molecular flexibility index (Phi) is 7.92. The highest BCUT2D eigenvalue weighted by molar-refractivity contribution is 7.46. The monoisotopic (exact) mass is 304 g/mol. The Hall–Kier alpha value is -1.47. The molecule has 0 aliphatic carbocycles. The summed E-state index contributed by atoms with van der Waals surface area (Å²) in [7, 11) is 2.43. The third kappa shape index (κ3) is 5.09. The van der Waals surface area contributed by atoms with Gasteiger partial charge in [0.1, 0.15) is 0 Å². The summed E-state index contributed by atoms with van der Waals surface area (Å²) in [5, 5.41) is 1.45. The van der Waals surface area contributed by atoms with Gasteiger partial charge in [0.05, 0.1) is 12.8 Å². The molecule has 0 radical (unpaired) electrons. The first kappa shape index (κ1) is 17.6. The molecule has 0 N–H and O–H groups in total. The van der Waals surface area contributed by atoms with E-state index in [1.807, 2.05) is 27.0 Å². The Morgan fingerprint density at radius 1 is 1.14 bits per heavy atom. The Bertz CT molecular complexity index is 558. The zero-order chi connectivity index (χ0) is 15.7. The van der Waals surface area contributed by atoms with Crippen molar-refractivity contribution in [2.45, 2.75) is 33.6 Å². The smallest absolute Gasteiger partial charge is 0.316 e. The fourth-order valence-electron chi connectivity index (χ4n) is 2.05. The highest BCUT2D eigenvalue weighted by Crippen LogP contribution is 2.14. The molecule has 3 nitrogen and oxygen atoms in total. The molecule has 4 heteroatoms. The molecule has 21 heavy (non-hydrogen) atoms. The quantitative estimate of drug-likeness (QED) is 0.793. The fourth-order valence-corrected chi connectivity index (χ4v) is 2.84. The van der Waals surface area contributed by atoms with E-state index in [9.17, 15) is 0 Å². The predicted molar refractivity (Wildman–Crippen MR) is 92.4 cm³/mol. The minimum Gasteiger partial charge on any atom is -0.467 e. The lowest BCUT2D eigenvalue weighted by molar-refractivity contribution is 0.377. The van der Waals surface area contributed by atoms with Crippen LogP contribution in [0.4, 0.5) is 0 Å². The summed E-state index contributed by atoms with van der Waals surface area (Å²) in [4.78, 5) is 8.54. The molecule has 0 saturated carbocycles. The van der Waals surface area contributed by atoms with E-state index in [0.29, 0.717) is 6.01 Å². The summed E-state index contributed by atoms with van der Waals surface area (Å²) in [5.41, 5.74) is 3.61. The second-order valence-corrected chi connectivity index (χ2v) is 5.43. The SMILES string of the molecule is CC.COc1ncc(C)c(CCc2ccccc2PC)n1. The number of ether oxygens (including phenoxy) is 1. The van der Waals surface area contributed by atoms with Crippen LogP contribution in [0.1, 0.15) is 30.7 Å². The molecule has 0 saturated heterocycles. The average Bonchev–Trinajstić information content (AvgIpc) is 2.56. The lowest BCUT2D eigenvalue weighted by Gasteiger charge is -2.09. The summed E-state index contributed by atoms with van der Waals surface area (Å²) >= 11 is 0. The molecule has 2 rings (SSSR count). The van der Waals surface area contributed by atoms with Gasteiger partial charge in [-0.1, -0.05) is 46.7 Å². The minimum absolute atomic E-state index is 0.450. The van der Waals surface area contributed by atoms with Gasteiger partial charge in [0, 0.05) is 6.20 Å². The van der Waals surface area contributed by atoms with Crippen LogP contribution in [0.3, 0.4) is 0 Å². The number of hydrogen-bond acceptors (Lipinski definition) is 3. The van der Waals surface area contributed by atoms with Crippen molar-refractivity contribution < 1.29 is 4.74 Å². The molecule has 0 fully saturated rings. The summed E-state index contributed by atoms with van der Waals surface area (Å²) < 4.78 is 5.09. The lowest BCUT2D eigenvalue weighted by atomic mass is 10.1. The summed E-state index contributed by atoms with van der Waals surface area (Å²) in [6, 6.07) is 9.08. The van der Waals surface area contributed by atoms with Crippen molar-refractivity contribution in [3.8, 4) is 6.01 Å². The maximum absolute atomic E-state index is 5.09. The van der Waals surface area contributed by atoms with Crippen LogP contribution >= 0.6 is 8.58 Å². The van der Waals surface area contributed by atoms with E-state index in [1.54, 1.807) is 7.11 Å². The van der Waals surface area contributed by atoms with Gasteiger partial charge in [0.25, 0.3) is 0 Å². The van der Waals surface area contributed by atoms with Crippen molar-refractivity contribution in [3.05, 3.63) is 47.3 Å². The first-order valence-corrected chi connectivity index (χ1v) is 8.86. The molecule has 1 aromatic heterocycles. The summed E-state index contributed by atoms with van der Waals surface area (Å²) in [5.74, 6) is 0. The van der Waals surface area contributed by atoms with Crippen LogP contribution in [0.2, 0.25) is 0 Å². The zero-order valence-corrected chi connectivity index (χ0v) is 14.6. The predicted octanol–water partition coefficient (Wildman–Crippen LogP) is 3.54. The molecule has 1 unspecified atom stereocenters. The van der Waals surface area contributed by atoms with Crippen molar-refractivity contribution in [3.63, 3.8) is 0 Å². The van der Waals surface area contributed by atoms with Gasteiger partial charge in [-0.2, -0.15) is 4.98 Å². The zero-order valence-electron chi connectivity index (χ0n) is 13.6. The Labute approximate surface area is 130 Å². The highest BCUT2D eigenvalue weighted by atomic mass is 31.1. The van der Waals surface area contributed by atoms with E-state index in [1.165, 1.54) is 10.9 Å². The molecule has 0 spiro atoms. The maximum Gasteiger partial charge on any atom is 0.316 e. The summed E-state index contributed by atoms with van der Waals surface area (Å²) in [6.45, 7) is 8.26. The largest absolute Gasteiger partial charge is 0.467 e. The Balaban J connectivity index is 0.00000106. The molecule has 1 aromatic carbocycles. The van der Waals surface area contributed by atoms with E-state index in [0.717, 1.165) is 32.7 Å². The summed E-state index contributed by atoms with van der Waals surface area (Å²) in [6.07, 6.45) is 3.76. The third-order valence-corrected chi connectivity index (χ3v) is 4.18. The molecule has 0 amide bonds. The van der Waals surface area contributed by atoms with Gasteiger partial charge in [-0.25, -0.2) is 4.98 Å². The number of hydrogen-bond donors (Lipinski definition) is 0. The van der Waals surface area contributed by atoms with Crippen molar-refractivity contribution in [2.75, 3.05) is 13.8 Å². The lowest BCUT2D eigenvalue weighted by Crippen LogP contribution is -2.07. The van der Waals surface area contributed by atoms with Gasteiger partial charge in [-0.15, -0.1) is 0 Å². The van der Waals surface area contributed by atoms with Gasteiger partial charge in [-0.05, 0) is 42.9 Å². The average molecular weight is 304 g/mol. The van der Waals surface area contributed by atoms with E-state index < -0.39 is 0 Å². The maximum atomic E-state index is 5.09. The number of methoxy groups -OCH3 is 1. The molecule has 0 aliphatic heterocycles. The number of benzene rings is 1. The molecular formula is C17H25N2OP. The molecule has 0 bridgehead atoms.